The van der Waals surface area contributed by atoms with E-state index in [1.54, 1.807) is 11.1 Å². The molecule has 1 aromatic carbocycles. The van der Waals surface area contributed by atoms with Gasteiger partial charge >= 0.3 is 0 Å². The van der Waals surface area contributed by atoms with E-state index in [4.69, 9.17) is 0 Å². The predicted molar refractivity (Wildman–Crippen MR) is 73.1 cm³/mol. The van der Waals surface area contributed by atoms with Crippen LogP contribution in [0.25, 0.3) is 0 Å². The van der Waals surface area contributed by atoms with E-state index in [1.807, 2.05) is 0 Å². The van der Waals surface area contributed by atoms with Gasteiger partial charge in [0.2, 0.25) is 0 Å². The highest BCUT2D eigenvalue weighted by Gasteiger charge is 2.45. The Kier molecular flexibility index (Phi) is 2.47. The quantitative estimate of drug-likeness (QED) is 0.658. The highest BCUT2D eigenvalue weighted by Crippen LogP contribution is 2.55. The molecule has 0 radical (unpaired) electrons. The smallest absolute Gasteiger partial charge is 0.00589 e. The van der Waals surface area contributed by atoms with Gasteiger partial charge in [0.25, 0.3) is 0 Å². The van der Waals surface area contributed by atoms with Crippen molar-refractivity contribution in [2.75, 3.05) is 0 Å². The standard InChI is InChI=1S/C17H20/c1-4-12-9-13(5-2)17-15-8-11(3)6-7-14(15)10-16(12)17/h4-8,12-13,16-17H,1-2,9-10H2,3H3. The zero-order chi connectivity index (χ0) is 12.0. The number of benzene rings is 1. The van der Waals surface area contributed by atoms with E-state index >= 15 is 0 Å². The molecule has 17 heavy (non-hydrogen) atoms. The van der Waals surface area contributed by atoms with Gasteiger partial charge in [-0.15, -0.1) is 13.2 Å². The number of rotatable bonds is 2. The molecule has 1 saturated carbocycles. The number of fused-ring (bicyclic) bond motifs is 3. The molecule has 0 aromatic heterocycles. The van der Waals surface area contributed by atoms with Crippen molar-refractivity contribution in [1.29, 1.82) is 0 Å². The lowest BCUT2D eigenvalue weighted by Crippen LogP contribution is -2.09. The van der Waals surface area contributed by atoms with Gasteiger partial charge in [0.15, 0.2) is 0 Å². The van der Waals surface area contributed by atoms with Gasteiger partial charge in [-0.05, 0) is 54.6 Å². The molecule has 1 fully saturated rings. The maximum Gasteiger partial charge on any atom is -0.00589 e. The van der Waals surface area contributed by atoms with Crippen LogP contribution in [0.5, 0.6) is 0 Å². The molecule has 0 heterocycles. The monoisotopic (exact) mass is 224 g/mol. The van der Waals surface area contributed by atoms with Crippen LogP contribution >= 0.6 is 0 Å². The average molecular weight is 224 g/mol. The predicted octanol–water partition coefficient (Wildman–Crippen LogP) is 4.26. The summed E-state index contributed by atoms with van der Waals surface area (Å²) in [7, 11) is 0. The lowest BCUT2D eigenvalue weighted by molar-refractivity contribution is 0.441. The Morgan fingerprint density at radius 1 is 1.18 bits per heavy atom. The molecule has 0 bridgehead atoms. The molecule has 1 aromatic rings. The van der Waals surface area contributed by atoms with Crippen molar-refractivity contribution in [1.82, 2.24) is 0 Å². The van der Waals surface area contributed by atoms with Gasteiger partial charge in [-0.1, -0.05) is 35.9 Å². The molecule has 4 atom stereocenters. The molecule has 0 N–H and O–H groups in total. The first kappa shape index (κ1) is 10.8. The molecular formula is C17H20. The third kappa shape index (κ3) is 1.50. The van der Waals surface area contributed by atoms with E-state index in [0.29, 0.717) is 17.8 Å². The summed E-state index contributed by atoms with van der Waals surface area (Å²) >= 11 is 0. The third-order valence-electron chi connectivity index (χ3n) is 4.74. The van der Waals surface area contributed by atoms with Crippen LogP contribution in [0, 0.1) is 24.7 Å². The van der Waals surface area contributed by atoms with Gasteiger partial charge in [-0.3, -0.25) is 0 Å². The summed E-state index contributed by atoms with van der Waals surface area (Å²) in [6, 6.07) is 6.96. The molecule has 0 heteroatoms. The fourth-order valence-corrected chi connectivity index (χ4v) is 3.94. The van der Waals surface area contributed by atoms with Crippen LogP contribution in [-0.4, -0.2) is 0 Å². The maximum atomic E-state index is 4.03. The number of aryl methyl sites for hydroxylation is 1. The van der Waals surface area contributed by atoms with E-state index < -0.39 is 0 Å². The minimum atomic E-state index is 0.644. The van der Waals surface area contributed by atoms with Crippen LogP contribution in [0.1, 0.15) is 29.0 Å². The molecule has 2 aliphatic carbocycles. The molecule has 3 rings (SSSR count). The van der Waals surface area contributed by atoms with Crippen LogP contribution in [0.2, 0.25) is 0 Å². The minimum absolute atomic E-state index is 0.644. The van der Waals surface area contributed by atoms with Crippen molar-refractivity contribution in [3.63, 3.8) is 0 Å². The molecule has 0 saturated heterocycles. The number of hydrogen-bond donors (Lipinski definition) is 0. The van der Waals surface area contributed by atoms with Crippen molar-refractivity contribution in [2.45, 2.75) is 25.7 Å². The summed E-state index contributed by atoms with van der Waals surface area (Å²) in [6.07, 6.45) is 6.82. The van der Waals surface area contributed by atoms with Crippen molar-refractivity contribution in [3.8, 4) is 0 Å². The topological polar surface area (TPSA) is 0 Å². The van der Waals surface area contributed by atoms with E-state index in [0.717, 1.165) is 5.92 Å². The summed E-state index contributed by atoms with van der Waals surface area (Å²) < 4.78 is 0. The second kappa shape index (κ2) is 3.87. The van der Waals surface area contributed by atoms with Crippen molar-refractivity contribution < 1.29 is 0 Å². The summed E-state index contributed by atoms with van der Waals surface area (Å²) in [5.41, 5.74) is 4.53. The van der Waals surface area contributed by atoms with Crippen molar-refractivity contribution in [2.24, 2.45) is 17.8 Å². The molecule has 0 amide bonds. The Balaban J connectivity index is 2.06. The largest absolute Gasteiger partial charge is 0.103 e. The molecule has 4 unspecified atom stereocenters. The third-order valence-corrected chi connectivity index (χ3v) is 4.74. The highest BCUT2D eigenvalue weighted by molar-refractivity contribution is 5.42. The first-order chi connectivity index (χ1) is 8.24. The van der Waals surface area contributed by atoms with E-state index in [1.165, 1.54) is 18.4 Å². The van der Waals surface area contributed by atoms with Crippen LogP contribution in [0.3, 0.4) is 0 Å². The van der Waals surface area contributed by atoms with Crippen LogP contribution in [0.4, 0.5) is 0 Å². The summed E-state index contributed by atoms with van der Waals surface area (Å²) in [5, 5.41) is 0. The first-order valence-corrected chi connectivity index (χ1v) is 6.59. The Morgan fingerprint density at radius 2 is 1.94 bits per heavy atom. The van der Waals surface area contributed by atoms with Crippen LogP contribution < -0.4 is 0 Å². The lowest BCUT2D eigenvalue weighted by Gasteiger charge is -2.17. The second-order valence-corrected chi connectivity index (χ2v) is 5.63. The minimum Gasteiger partial charge on any atom is -0.103 e. The highest BCUT2D eigenvalue weighted by atomic mass is 14.5. The van der Waals surface area contributed by atoms with Gasteiger partial charge in [-0.2, -0.15) is 0 Å². The SMILES string of the molecule is C=CC1CC(C=C)C2c3cc(C)ccc3CC12. The fraction of sp³-hybridized carbons (Fsp3) is 0.412. The van der Waals surface area contributed by atoms with Gasteiger partial charge in [0.1, 0.15) is 0 Å². The Bertz CT molecular complexity index is 469. The average Bonchev–Trinajstić information content (AvgIpc) is 2.85. The van der Waals surface area contributed by atoms with E-state index in [2.05, 4.69) is 50.4 Å². The normalized spacial score (nSPS) is 34.2. The molecule has 0 nitrogen and oxygen atoms in total. The molecule has 0 spiro atoms. The Hall–Kier alpha value is -1.30. The molecule has 0 aliphatic heterocycles. The Morgan fingerprint density at radius 3 is 2.65 bits per heavy atom. The van der Waals surface area contributed by atoms with E-state index in [9.17, 15) is 0 Å². The van der Waals surface area contributed by atoms with Crippen LogP contribution in [-0.2, 0) is 6.42 Å². The summed E-state index contributed by atoms with van der Waals surface area (Å²) in [4.78, 5) is 0. The van der Waals surface area contributed by atoms with E-state index in [-0.39, 0.29) is 0 Å². The number of allylic oxidation sites excluding steroid dienone is 2. The lowest BCUT2D eigenvalue weighted by atomic mass is 9.87. The van der Waals surface area contributed by atoms with Gasteiger partial charge in [0, 0.05) is 0 Å². The zero-order valence-electron chi connectivity index (χ0n) is 10.5. The van der Waals surface area contributed by atoms with Gasteiger partial charge < -0.3 is 0 Å². The van der Waals surface area contributed by atoms with Gasteiger partial charge in [-0.25, -0.2) is 0 Å². The van der Waals surface area contributed by atoms with Crippen molar-refractivity contribution >= 4 is 0 Å². The maximum absolute atomic E-state index is 4.03. The second-order valence-electron chi connectivity index (χ2n) is 5.63. The summed E-state index contributed by atoms with van der Waals surface area (Å²) in [6.45, 7) is 10.2. The fourth-order valence-electron chi connectivity index (χ4n) is 3.94. The van der Waals surface area contributed by atoms with Crippen LogP contribution in [0.15, 0.2) is 43.5 Å². The molecule has 88 valence electrons. The van der Waals surface area contributed by atoms with Gasteiger partial charge in [0.05, 0.1) is 0 Å². The molecular weight excluding hydrogens is 204 g/mol. The number of hydrogen-bond acceptors (Lipinski definition) is 0. The van der Waals surface area contributed by atoms with Crippen molar-refractivity contribution in [3.05, 3.63) is 60.2 Å². The summed E-state index contributed by atoms with van der Waals surface area (Å²) in [5.74, 6) is 2.79. The molecule has 2 aliphatic rings. The zero-order valence-corrected chi connectivity index (χ0v) is 10.5. The first-order valence-electron chi connectivity index (χ1n) is 6.59. The Labute approximate surface area is 104 Å².